The molecule has 1 fully saturated rings. The number of rotatable bonds is 6. The zero-order chi connectivity index (χ0) is 16.0. The van der Waals surface area contributed by atoms with Crippen molar-refractivity contribution >= 4 is 21.7 Å². The topological polar surface area (TPSA) is 104 Å². The lowest BCUT2D eigenvalue weighted by molar-refractivity contribution is -0.121. The van der Waals surface area contributed by atoms with Gasteiger partial charge in [0, 0.05) is 44.5 Å². The summed E-state index contributed by atoms with van der Waals surface area (Å²) in [5.74, 6) is 0.655. The molecule has 0 aliphatic carbocycles. The fourth-order valence-corrected chi connectivity index (χ4v) is 2.88. The van der Waals surface area contributed by atoms with Crippen molar-refractivity contribution in [2.75, 3.05) is 30.8 Å². The Morgan fingerprint density at radius 3 is 2.95 bits per heavy atom. The molecule has 0 spiro atoms. The second kappa shape index (κ2) is 7.50. The smallest absolute Gasteiger partial charge is 0.221 e. The predicted molar refractivity (Wildman–Crippen MR) is 82.9 cm³/mol. The molecule has 1 aromatic heterocycles. The van der Waals surface area contributed by atoms with Crippen LogP contribution < -0.4 is 14.9 Å². The van der Waals surface area contributed by atoms with E-state index in [4.69, 9.17) is 0 Å². The molecule has 2 N–H and O–H groups in total. The molecule has 8 nitrogen and oxygen atoms in total. The minimum Gasteiger partial charge on any atom is -0.353 e. The predicted octanol–water partition coefficient (Wildman–Crippen LogP) is -0.499. The summed E-state index contributed by atoms with van der Waals surface area (Å²) in [6, 6.07) is 0.0430. The summed E-state index contributed by atoms with van der Waals surface area (Å²) in [6.45, 7) is 1.69. The molecule has 0 aromatic carbocycles. The third kappa shape index (κ3) is 5.57. The van der Waals surface area contributed by atoms with Crippen molar-refractivity contribution in [1.82, 2.24) is 20.0 Å². The maximum absolute atomic E-state index is 11.8. The Morgan fingerprint density at radius 1 is 1.45 bits per heavy atom. The van der Waals surface area contributed by atoms with Gasteiger partial charge in [-0.25, -0.2) is 18.1 Å². The van der Waals surface area contributed by atoms with Crippen molar-refractivity contribution in [3.63, 3.8) is 0 Å². The Morgan fingerprint density at radius 2 is 2.27 bits per heavy atom. The number of carbonyl (C=O) groups is 1. The third-order valence-electron chi connectivity index (χ3n) is 3.38. The molecule has 2 heterocycles. The van der Waals surface area contributed by atoms with Crippen LogP contribution in [-0.2, 0) is 14.8 Å². The van der Waals surface area contributed by atoms with E-state index in [0.29, 0.717) is 6.54 Å². The van der Waals surface area contributed by atoms with Crippen LogP contribution in [0.1, 0.15) is 19.3 Å². The van der Waals surface area contributed by atoms with Crippen molar-refractivity contribution in [2.24, 2.45) is 0 Å². The van der Waals surface area contributed by atoms with Crippen LogP contribution in [0.5, 0.6) is 0 Å². The number of amides is 1. The van der Waals surface area contributed by atoms with Crippen LogP contribution in [0.3, 0.4) is 0 Å². The van der Waals surface area contributed by atoms with E-state index in [-0.39, 0.29) is 24.9 Å². The van der Waals surface area contributed by atoms with Gasteiger partial charge < -0.3 is 10.2 Å². The molecule has 0 unspecified atom stereocenters. The van der Waals surface area contributed by atoms with E-state index >= 15 is 0 Å². The average molecular weight is 327 g/mol. The van der Waals surface area contributed by atoms with Crippen LogP contribution in [0.15, 0.2) is 18.6 Å². The number of aromatic nitrogens is 2. The van der Waals surface area contributed by atoms with Crippen molar-refractivity contribution in [2.45, 2.75) is 25.3 Å². The number of anilines is 1. The molecule has 0 radical (unpaired) electrons. The fraction of sp³-hybridized carbons (Fsp3) is 0.615. The molecule has 1 aliphatic heterocycles. The summed E-state index contributed by atoms with van der Waals surface area (Å²) in [4.78, 5) is 22.3. The molecular formula is C13H21N5O3S. The van der Waals surface area contributed by atoms with Crippen molar-refractivity contribution < 1.29 is 13.2 Å². The van der Waals surface area contributed by atoms with Crippen LogP contribution in [0.2, 0.25) is 0 Å². The number of nitrogens with zero attached hydrogens (tertiary/aromatic N) is 3. The number of sulfonamides is 1. The minimum atomic E-state index is -3.25. The highest BCUT2D eigenvalue weighted by Gasteiger charge is 2.22. The molecule has 1 aromatic rings. The fourth-order valence-electron chi connectivity index (χ4n) is 2.41. The van der Waals surface area contributed by atoms with Gasteiger partial charge in [-0.15, -0.1) is 0 Å². The molecule has 122 valence electrons. The maximum atomic E-state index is 11.8. The van der Waals surface area contributed by atoms with Gasteiger partial charge in [-0.1, -0.05) is 0 Å². The molecular weight excluding hydrogens is 306 g/mol. The Balaban J connectivity index is 1.79. The lowest BCUT2D eigenvalue weighted by Gasteiger charge is -2.33. The van der Waals surface area contributed by atoms with Gasteiger partial charge in [-0.3, -0.25) is 9.78 Å². The second-order valence-corrected chi connectivity index (χ2v) is 7.17. The summed E-state index contributed by atoms with van der Waals surface area (Å²) >= 11 is 0. The molecule has 2 rings (SSSR count). The van der Waals surface area contributed by atoms with E-state index < -0.39 is 10.0 Å². The Bertz CT molecular complexity index is 593. The van der Waals surface area contributed by atoms with E-state index in [1.54, 1.807) is 18.6 Å². The van der Waals surface area contributed by atoms with Crippen LogP contribution >= 0.6 is 0 Å². The number of hydrogen-bond donors (Lipinski definition) is 2. The summed E-state index contributed by atoms with van der Waals surface area (Å²) in [5, 5.41) is 2.94. The van der Waals surface area contributed by atoms with Crippen LogP contribution in [0, 0.1) is 0 Å². The molecule has 1 saturated heterocycles. The van der Waals surface area contributed by atoms with Gasteiger partial charge in [0.1, 0.15) is 5.82 Å². The monoisotopic (exact) mass is 327 g/mol. The highest BCUT2D eigenvalue weighted by atomic mass is 32.2. The van der Waals surface area contributed by atoms with Gasteiger partial charge in [-0.2, -0.15) is 0 Å². The van der Waals surface area contributed by atoms with Crippen molar-refractivity contribution in [1.29, 1.82) is 0 Å². The third-order valence-corrected chi connectivity index (χ3v) is 4.10. The average Bonchev–Trinajstić information content (AvgIpc) is 2.47. The van der Waals surface area contributed by atoms with Gasteiger partial charge in [0.2, 0.25) is 15.9 Å². The summed E-state index contributed by atoms with van der Waals surface area (Å²) in [7, 11) is -3.25. The Kier molecular flexibility index (Phi) is 5.67. The molecule has 0 saturated carbocycles. The van der Waals surface area contributed by atoms with E-state index in [1.807, 2.05) is 0 Å². The van der Waals surface area contributed by atoms with Crippen molar-refractivity contribution in [3.05, 3.63) is 18.6 Å². The summed E-state index contributed by atoms with van der Waals surface area (Å²) in [5.41, 5.74) is 0. The maximum Gasteiger partial charge on any atom is 0.221 e. The molecule has 1 aliphatic rings. The molecule has 1 amide bonds. The number of hydrogen-bond acceptors (Lipinski definition) is 6. The zero-order valence-corrected chi connectivity index (χ0v) is 13.3. The van der Waals surface area contributed by atoms with Gasteiger partial charge in [0.15, 0.2) is 0 Å². The highest BCUT2D eigenvalue weighted by molar-refractivity contribution is 7.88. The lowest BCUT2D eigenvalue weighted by atomic mass is 10.1. The van der Waals surface area contributed by atoms with E-state index in [1.165, 1.54) is 0 Å². The van der Waals surface area contributed by atoms with Crippen LogP contribution in [0.4, 0.5) is 5.82 Å². The molecule has 1 atom stereocenters. The normalized spacial score (nSPS) is 19.0. The van der Waals surface area contributed by atoms with Gasteiger partial charge in [0.05, 0.1) is 12.5 Å². The van der Waals surface area contributed by atoms with Gasteiger partial charge in [0.25, 0.3) is 0 Å². The van der Waals surface area contributed by atoms with Crippen molar-refractivity contribution in [3.8, 4) is 0 Å². The summed E-state index contributed by atoms with van der Waals surface area (Å²) in [6.07, 6.45) is 8.06. The number of nitrogens with one attached hydrogen (secondary N) is 2. The highest BCUT2D eigenvalue weighted by Crippen LogP contribution is 2.16. The van der Waals surface area contributed by atoms with E-state index in [0.717, 1.165) is 31.5 Å². The molecule has 0 bridgehead atoms. The number of piperidine rings is 1. The summed E-state index contributed by atoms with van der Waals surface area (Å²) < 4.78 is 24.2. The number of carbonyl (C=O) groups excluding carboxylic acids is 1. The van der Waals surface area contributed by atoms with Gasteiger partial charge >= 0.3 is 0 Å². The Labute approximate surface area is 130 Å². The SMILES string of the molecule is CS(=O)(=O)NCCC(=O)N[C@@H]1CCCN(c2cnccn2)C1. The minimum absolute atomic E-state index is 0.0430. The van der Waals surface area contributed by atoms with Crippen LogP contribution in [-0.4, -0.2) is 56.2 Å². The quantitative estimate of drug-likeness (QED) is 0.730. The first kappa shape index (κ1) is 16.6. The lowest BCUT2D eigenvalue weighted by Crippen LogP contribution is -2.48. The standard InChI is InChI=1S/C13H21N5O3S/c1-22(20,21)16-5-4-13(19)17-11-3-2-8-18(10-11)12-9-14-6-7-15-12/h6-7,9,11,16H,2-5,8,10H2,1H3,(H,17,19)/t11-/m1/s1. The second-order valence-electron chi connectivity index (χ2n) is 5.33. The van der Waals surface area contributed by atoms with Gasteiger partial charge in [-0.05, 0) is 12.8 Å². The van der Waals surface area contributed by atoms with E-state index in [9.17, 15) is 13.2 Å². The first-order valence-electron chi connectivity index (χ1n) is 7.19. The Hall–Kier alpha value is -1.74. The first-order chi connectivity index (χ1) is 10.4. The molecule has 9 heteroatoms. The molecule has 22 heavy (non-hydrogen) atoms. The largest absolute Gasteiger partial charge is 0.353 e. The van der Waals surface area contributed by atoms with Crippen LogP contribution in [0.25, 0.3) is 0 Å². The first-order valence-corrected chi connectivity index (χ1v) is 9.08. The zero-order valence-electron chi connectivity index (χ0n) is 12.5. The van der Waals surface area contributed by atoms with E-state index in [2.05, 4.69) is 24.9 Å².